The van der Waals surface area contributed by atoms with Gasteiger partial charge < -0.3 is 20.0 Å². The second-order valence-electron chi connectivity index (χ2n) is 5.84. The Kier molecular flexibility index (Phi) is 4.11. The maximum atomic E-state index is 12.2. The van der Waals surface area contributed by atoms with Gasteiger partial charge in [-0.25, -0.2) is 4.79 Å². The molecular weight excluding hydrogens is 308 g/mol. The number of anilines is 2. The maximum absolute atomic E-state index is 12.2. The summed E-state index contributed by atoms with van der Waals surface area (Å²) in [6.45, 7) is 1.90. The van der Waals surface area contributed by atoms with Crippen molar-refractivity contribution >= 4 is 28.8 Å². The van der Waals surface area contributed by atoms with E-state index < -0.39 is 0 Å². The van der Waals surface area contributed by atoms with Gasteiger partial charge in [-0.2, -0.15) is 10.1 Å². The Morgan fingerprint density at radius 1 is 1.38 bits per heavy atom. The molecule has 2 amide bonds. The van der Waals surface area contributed by atoms with Crippen LogP contribution in [0.15, 0.2) is 35.0 Å². The number of aromatic nitrogens is 3. The minimum Gasteiger partial charge on any atom is -0.423 e. The van der Waals surface area contributed by atoms with Crippen molar-refractivity contribution in [1.82, 2.24) is 20.1 Å². The summed E-state index contributed by atoms with van der Waals surface area (Å²) in [5.41, 5.74) is 2.96. The van der Waals surface area contributed by atoms with Crippen molar-refractivity contribution < 1.29 is 9.21 Å². The minimum atomic E-state index is -0.290. The monoisotopic (exact) mass is 328 g/mol. The Bertz CT molecular complexity index is 866. The summed E-state index contributed by atoms with van der Waals surface area (Å²) in [5.74, 6) is 0. The van der Waals surface area contributed by atoms with Crippen molar-refractivity contribution in [1.29, 1.82) is 0 Å². The van der Waals surface area contributed by atoms with Crippen LogP contribution in [-0.2, 0) is 7.05 Å². The Hall–Kier alpha value is -3.03. The first-order chi connectivity index (χ1) is 11.4. The van der Waals surface area contributed by atoms with Crippen molar-refractivity contribution in [3.8, 4) is 0 Å². The number of nitrogens with zero attached hydrogens (tertiary/aromatic N) is 4. The van der Waals surface area contributed by atoms with E-state index in [1.807, 2.05) is 34.3 Å². The van der Waals surface area contributed by atoms with E-state index in [0.717, 1.165) is 5.56 Å². The van der Waals surface area contributed by atoms with Gasteiger partial charge in [-0.3, -0.25) is 4.68 Å². The molecule has 0 bridgehead atoms. The van der Waals surface area contributed by atoms with E-state index in [4.69, 9.17) is 4.42 Å². The van der Waals surface area contributed by atoms with E-state index in [1.54, 1.807) is 34.0 Å². The molecule has 24 heavy (non-hydrogen) atoms. The zero-order valence-electron chi connectivity index (χ0n) is 14.1. The predicted octanol–water partition coefficient (Wildman–Crippen LogP) is 2.51. The normalized spacial score (nSPS) is 12.2. The summed E-state index contributed by atoms with van der Waals surface area (Å²) in [6.07, 6.45) is 3.60. The molecule has 2 aromatic heterocycles. The number of oxazole rings is 1. The van der Waals surface area contributed by atoms with Gasteiger partial charge in [0.1, 0.15) is 5.52 Å². The first kappa shape index (κ1) is 15.9. The number of benzene rings is 1. The molecule has 0 saturated heterocycles. The number of hydrogen-bond donors (Lipinski definition) is 2. The van der Waals surface area contributed by atoms with Gasteiger partial charge in [-0.05, 0) is 25.1 Å². The molecule has 8 nitrogen and oxygen atoms in total. The Balaban J connectivity index is 1.68. The van der Waals surface area contributed by atoms with Crippen LogP contribution in [-0.4, -0.2) is 34.9 Å². The molecule has 1 atom stereocenters. The average Bonchev–Trinajstić information content (AvgIpc) is 3.12. The second kappa shape index (κ2) is 6.23. The highest BCUT2D eigenvalue weighted by atomic mass is 16.4. The second-order valence-corrected chi connectivity index (χ2v) is 5.84. The van der Waals surface area contributed by atoms with Gasteiger partial charge in [-0.1, -0.05) is 0 Å². The molecule has 0 aliphatic carbocycles. The molecule has 1 unspecified atom stereocenters. The van der Waals surface area contributed by atoms with Crippen LogP contribution >= 0.6 is 0 Å². The van der Waals surface area contributed by atoms with E-state index in [1.165, 1.54) is 0 Å². The van der Waals surface area contributed by atoms with Crippen LogP contribution < -0.4 is 15.5 Å². The number of nitrogens with one attached hydrogen (secondary N) is 2. The number of aryl methyl sites for hydroxylation is 1. The fourth-order valence-corrected chi connectivity index (χ4v) is 2.30. The fourth-order valence-electron chi connectivity index (χ4n) is 2.30. The Labute approximate surface area is 139 Å². The highest BCUT2D eigenvalue weighted by molar-refractivity contribution is 5.92. The van der Waals surface area contributed by atoms with Gasteiger partial charge in [-0.15, -0.1) is 0 Å². The number of urea groups is 1. The molecule has 3 aromatic rings. The zero-order valence-corrected chi connectivity index (χ0v) is 14.1. The summed E-state index contributed by atoms with van der Waals surface area (Å²) >= 11 is 0. The van der Waals surface area contributed by atoms with E-state index in [0.29, 0.717) is 22.8 Å². The van der Waals surface area contributed by atoms with Crippen molar-refractivity contribution in [2.24, 2.45) is 7.05 Å². The molecule has 0 aliphatic heterocycles. The summed E-state index contributed by atoms with van der Waals surface area (Å²) in [4.78, 5) is 18.3. The molecule has 1 aromatic carbocycles. The van der Waals surface area contributed by atoms with E-state index in [-0.39, 0.29) is 12.1 Å². The molecule has 0 fully saturated rings. The molecule has 0 radical (unpaired) electrons. The lowest BCUT2D eigenvalue weighted by atomic mass is 10.2. The third-order valence-electron chi connectivity index (χ3n) is 3.59. The van der Waals surface area contributed by atoms with Crippen LogP contribution in [0.1, 0.15) is 18.5 Å². The Morgan fingerprint density at radius 3 is 2.83 bits per heavy atom. The lowest BCUT2D eigenvalue weighted by Crippen LogP contribution is -2.31. The van der Waals surface area contributed by atoms with Crippen molar-refractivity contribution in [2.45, 2.75) is 13.0 Å². The van der Waals surface area contributed by atoms with Gasteiger partial charge >= 0.3 is 6.03 Å². The van der Waals surface area contributed by atoms with Crippen molar-refractivity contribution in [3.05, 3.63) is 36.2 Å². The van der Waals surface area contributed by atoms with E-state index in [2.05, 4.69) is 20.7 Å². The average molecular weight is 328 g/mol. The van der Waals surface area contributed by atoms with Crippen LogP contribution in [0.4, 0.5) is 16.5 Å². The number of carbonyl (C=O) groups excluding carboxylic acids is 1. The zero-order chi connectivity index (χ0) is 17.3. The molecule has 3 rings (SSSR count). The van der Waals surface area contributed by atoms with Crippen molar-refractivity contribution in [2.75, 3.05) is 24.3 Å². The number of carbonyl (C=O) groups is 1. The third kappa shape index (κ3) is 3.32. The molecule has 0 spiro atoms. The first-order valence-corrected chi connectivity index (χ1v) is 7.56. The standard InChI is InChI=1S/C16H20N6O2/c1-10(11-8-17-22(4)9-11)18-15(23)19-12-5-6-14-13(7-12)20-16(24-14)21(2)3/h5-10H,1-4H3,(H2,18,19,23). The number of amides is 2. The van der Waals surface area contributed by atoms with Gasteiger partial charge in [0.2, 0.25) is 0 Å². The van der Waals surface area contributed by atoms with Crippen LogP contribution in [0.3, 0.4) is 0 Å². The van der Waals surface area contributed by atoms with Gasteiger partial charge in [0.15, 0.2) is 5.58 Å². The number of hydrogen-bond acceptors (Lipinski definition) is 5. The quantitative estimate of drug-likeness (QED) is 0.768. The Morgan fingerprint density at radius 2 is 2.17 bits per heavy atom. The smallest absolute Gasteiger partial charge is 0.319 e. The maximum Gasteiger partial charge on any atom is 0.319 e. The molecule has 2 N–H and O–H groups in total. The first-order valence-electron chi connectivity index (χ1n) is 7.56. The fraction of sp³-hybridized carbons (Fsp3) is 0.312. The van der Waals surface area contributed by atoms with Gasteiger partial charge in [0, 0.05) is 38.6 Å². The SMILES string of the molecule is CC(NC(=O)Nc1ccc2oc(N(C)C)nc2c1)c1cnn(C)c1. The van der Waals surface area contributed by atoms with Crippen LogP contribution in [0.2, 0.25) is 0 Å². The summed E-state index contributed by atoms with van der Waals surface area (Å²) in [5, 5.41) is 9.78. The minimum absolute atomic E-state index is 0.144. The summed E-state index contributed by atoms with van der Waals surface area (Å²) < 4.78 is 7.29. The number of rotatable bonds is 4. The van der Waals surface area contributed by atoms with Gasteiger partial charge in [0.05, 0.1) is 12.2 Å². The topological polar surface area (TPSA) is 88.2 Å². The largest absolute Gasteiger partial charge is 0.423 e. The molecule has 8 heteroatoms. The molecule has 0 aliphatic rings. The van der Waals surface area contributed by atoms with Crippen LogP contribution in [0.25, 0.3) is 11.1 Å². The van der Waals surface area contributed by atoms with E-state index >= 15 is 0 Å². The molecule has 126 valence electrons. The summed E-state index contributed by atoms with van der Waals surface area (Å²) in [7, 11) is 5.56. The summed E-state index contributed by atoms with van der Waals surface area (Å²) in [6, 6.07) is 5.44. The molecular formula is C16H20N6O2. The van der Waals surface area contributed by atoms with Crippen LogP contribution in [0, 0.1) is 0 Å². The molecule has 0 saturated carbocycles. The number of fused-ring (bicyclic) bond motifs is 1. The lowest BCUT2D eigenvalue weighted by molar-refractivity contribution is 0.249. The van der Waals surface area contributed by atoms with Crippen LogP contribution in [0.5, 0.6) is 0 Å². The molecule has 2 heterocycles. The third-order valence-corrected chi connectivity index (χ3v) is 3.59. The van der Waals surface area contributed by atoms with E-state index in [9.17, 15) is 4.79 Å². The van der Waals surface area contributed by atoms with Crippen molar-refractivity contribution in [3.63, 3.8) is 0 Å². The lowest BCUT2D eigenvalue weighted by Gasteiger charge is -2.13. The van der Waals surface area contributed by atoms with Gasteiger partial charge in [0.25, 0.3) is 6.01 Å². The predicted molar refractivity (Wildman–Crippen MR) is 92.1 cm³/mol. The highest BCUT2D eigenvalue weighted by Crippen LogP contribution is 2.23. The highest BCUT2D eigenvalue weighted by Gasteiger charge is 2.12.